The second kappa shape index (κ2) is 3.77. The first-order valence-electron chi connectivity index (χ1n) is 5.57. The molecule has 0 radical (unpaired) electrons. The van der Waals surface area contributed by atoms with Crippen LogP contribution in [0.25, 0.3) is 0 Å². The maximum Gasteiger partial charge on any atom is 0.256 e. The third kappa shape index (κ3) is 1.37. The first-order chi connectivity index (χ1) is 7.60. The molecule has 0 aromatic carbocycles. The first-order valence-corrected chi connectivity index (χ1v) is 5.57. The molecule has 1 aromatic rings. The number of carbonyl (C=O) groups is 1. The lowest BCUT2D eigenvalue weighted by atomic mass is 10.0. The van der Waals surface area contributed by atoms with Crippen molar-refractivity contribution in [3.63, 3.8) is 0 Å². The summed E-state index contributed by atoms with van der Waals surface area (Å²) in [6.45, 7) is 7.36. The van der Waals surface area contributed by atoms with E-state index >= 15 is 0 Å². The zero-order valence-corrected chi connectivity index (χ0v) is 10.2. The fourth-order valence-electron chi connectivity index (χ4n) is 2.16. The van der Waals surface area contributed by atoms with Crippen LogP contribution in [0.3, 0.4) is 0 Å². The van der Waals surface area contributed by atoms with Crippen molar-refractivity contribution in [2.24, 2.45) is 0 Å². The van der Waals surface area contributed by atoms with Crippen molar-refractivity contribution in [1.29, 1.82) is 0 Å². The van der Waals surface area contributed by atoms with Gasteiger partial charge in [-0.2, -0.15) is 0 Å². The molecule has 1 aliphatic heterocycles. The second-order valence-corrected chi connectivity index (χ2v) is 4.10. The number of pyridine rings is 1. The highest BCUT2D eigenvalue weighted by atomic mass is 16.2. The van der Waals surface area contributed by atoms with Crippen LogP contribution in [0.5, 0.6) is 0 Å². The molecule has 0 bridgehead atoms. The van der Waals surface area contributed by atoms with Gasteiger partial charge in [0.1, 0.15) is 5.82 Å². The lowest BCUT2D eigenvalue weighted by Crippen LogP contribution is -2.23. The number of carbonyl (C=O) groups excluding carboxylic acids is 1. The van der Waals surface area contributed by atoms with Crippen molar-refractivity contribution in [3.05, 3.63) is 22.4 Å². The summed E-state index contributed by atoms with van der Waals surface area (Å²) in [5.74, 6) is 0.996. The average Bonchev–Trinajstić information content (AvgIpc) is 2.60. The minimum Gasteiger partial charge on any atom is -0.373 e. The van der Waals surface area contributed by atoms with Crippen molar-refractivity contribution < 1.29 is 4.79 Å². The molecule has 1 N–H and O–H groups in total. The van der Waals surface area contributed by atoms with Crippen LogP contribution in [0.2, 0.25) is 0 Å². The van der Waals surface area contributed by atoms with Crippen LogP contribution in [0.1, 0.15) is 34.1 Å². The smallest absolute Gasteiger partial charge is 0.256 e. The molecule has 16 heavy (non-hydrogen) atoms. The van der Waals surface area contributed by atoms with Gasteiger partial charge in [0.25, 0.3) is 5.91 Å². The molecule has 1 aliphatic rings. The van der Waals surface area contributed by atoms with Crippen LogP contribution in [0, 0.1) is 13.8 Å². The van der Waals surface area contributed by atoms with Gasteiger partial charge in [-0.3, -0.25) is 4.79 Å². The van der Waals surface area contributed by atoms with E-state index < -0.39 is 0 Å². The summed E-state index contributed by atoms with van der Waals surface area (Å²) >= 11 is 0. The Bertz CT molecular complexity index is 454. The second-order valence-electron chi connectivity index (χ2n) is 4.10. The maximum absolute atomic E-state index is 12.1. The zero-order valence-electron chi connectivity index (χ0n) is 10.2. The van der Waals surface area contributed by atoms with Crippen LogP contribution in [0.4, 0.5) is 5.82 Å². The maximum atomic E-state index is 12.1. The highest BCUT2D eigenvalue weighted by molar-refractivity contribution is 5.99. The number of hydrogen-bond donors (Lipinski definition) is 1. The molecule has 4 nitrogen and oxygen atoms in total. The quantitative estimate of drug-likeness (QED) is 0.823. The highest BCUT2D eigenvalue weighted by Crippen LogP contribution is 2.29. The Morgan fingerprint density at radius 2 is 2.06 bits per heavy atom. The molecule has 2 rings (SSSR count). The molecule has 0 atom stereocenters. The number of nitrogens with one attached hydrogen (secondary N) is 1. The monoisotopic (exact) mass is 219 g/mol. The number of anilines is 1. The van der Waals surface area contributed by atoms with Gasteiger partial charge in [-0.05, 0) is 31.9 Å². The van der Waals surface area contributed by atoms with E-state index in [1.165, 1.54) is 0 Å². The van der Waals surface area contributed by atoms with Crippen molar-refractivity contribution in [2.45, 2.75) is 27.3 Å². The Kier molecular flexibility index (Phi) is 2.58. The van der Waals surface area contributed by atoms with Crippen LogP contribution in [0.15, 0.2) is 0 Å². The summed E-state index contributed by atoms with van der Waals surface area (Å²) in [6, 6.07) is 0. The Balaban J connectivity index is 2.59. The van der Waals surface area contributed by atoms with E-state index in [2.05, 4.69) is 10.3 Å². The number of amides is 1. The minimum atomic E-state index is 0.119. The summed E-state index contributed by atoms with van der Waals surface area (Å²) in [5.41, 5.74) is 3.82. The fourth-order valence-corrected chi connectivity index (χ4v) is 2.16. The van der Waals surface area contributed by atoms with Crippen LogP contribution < -0.4 is 5.32 Å². The van der Waals surface area contributed by atoms with E-state index in [0.717, 1.165) is 34.7 Å². The van der Waals surface area contributed by atoms with E-state index in [0.29, 0.717) is 6.54 Å². The van der Waals surface area contributed by atoms with Gasteiger partial charge in [-0.1, -0.05) is 0 Å². The zero-order chi connectivity index (χ0) is 11.9. The highest BCUT2D eigenvalue weighted by Gasteiger charge is 2.30. The van der Waals surface area contributed by atoms with Gasteiger partial charge >= 0.3 is 0 Å². The minimum absolute atomic E-state index is 0.119. The predicted octanol–water partition coefficient (Wildman–Crippen LogP) is 1.72. The molecule has 1 aromatic heterocycles. The lowest BCUT2D eigenvalue weighted by Gasteiger charge is -2.11. The van der Waals surface area contributed by atoms with Crippen molar-refractivity contribution in [1.82, 2.24) is 9.88 Å². The van der Waals surface area contributed by atoms with Crippen LogP contribution >= 0.6 is 0 Å². The third-order valence-corrected chi connectivity index (χ3v) is 3.29. The van der Waals surface area contributed by atoms with Gasteiger partial charge in [0.05, 0.1) is 17.8 Å². The molecule has 0 fully saturated rings. The van der Waals surface area contributed by atoms with Crippen molar-refractivity contribution in [3.8, 4) is 0 Å². The summed E-state index contributed by atoms with van der Waals surface area (Å²) in [6.07, 6.45) is 0. The molecule has 0 aliphatic carbocycles. The Hall–Kier alpha value is -1.58. The number of fused-ring (bicyclic) bond motifs is 1. The summed E-state index contributed by atoms with van der Waals surface area (Å²) in [4.78, 5) is 18.4. The Morgan fingerprint density at radius 1 is 1.38 bits per heavy atom. The Labute approximate surface area is 95.7 Å². The summed E-state index contributed by atoms with van der Waals surface area (Å²) < 4.78 is 0. The topological polar surface area (TPSA) is 45.2 Å². The largest absolute Gasteiger partial charge is 0.373 e. The van der Waals surface area contributed by atoms with Gasteiger partial charge in [0, 0.05) is 13.6 Å². The lowest BCUT2D eigenvalue weighted by molar-refractivity contribution is 0.0786. The number of rotatable bonds is 2. The molecule has 0 saturated heterocycles. The normalized spacial score (nSPS) is 14.2. The van der Waals surface area contributed by atoms with Gasteiger partial charge < -0.3 is 10.2 Å². The van der Waals surface area contributed by atoms with Crippen molar-refractivity contribution in [2.75, 3.05) is 18.9 Å². The number of nitrogens with zero attached hydrogens (tertiary/aromatic N) is 2. The summed E-state index contributed by atoms with van der Waals surface area (Å²) in [5, 5.41) is 3.07. The van der Waals surface area contributed by atoms with Crippen LogP contribution in [-0.2, 0) is 6.54 Å². The number of hydrogen-bond acceptors (Lipinski definition) is 3. The molecule has 86 valence electrons. The molecule has 0 saturated carbocycles. The van der Waals surface area contributed by atoms with Gasteiger partial charge in [-0.15, -0.1) is 0 Å². The number of aromatic nitrogens is 1. The molecule has 1 amide bonds. The van der Waals surface area contributed by atoms with E-state index in [9.17, 15) is 4.79 Å². The average molecular weight is 219 g/mol. The van der Waals surface area contributed by atoms with Gasteiger partial charge in [0.2, 0.25) is 0 Å². The molecular weight excluding hydrogens is 202 g/mol. The van der Waals surface area contributed by atoms with E-state index in [-0.39, 0.29) is 5.91 Å². The van der Waals surface area contributed by atoms with Gasteiger partial charge in [0.15, 0.2) is 0 Å². The summed E-state index contributed by atoms with van der Waals surface area (Å²) in [7, 11) is 1.86. The van der Waals surface area contributed by atoms with Gasteiger partial charge in [-0.25, -0.2) is 4.98 Å². The first kappa shape index (κ1) is 10.9. The van der Waals surface area contributed by atoms with Crippen molar-refractivity contribution >= 4 is 11.7 Å². The molecule has 0 unspecified atom stereocenters. The predicted molar refractivity (Wildman–Crippen MR) is 63.7 cm³/mol. The molecule has 0 spiro atoms. The van der Waals surface area contributed by atoms with Crippen LogP contribution in [-0.4, -0.2) is 29.4 Å². The Morgan fingerprint density at radius 3 is 2.62 bits per heavy atom. The van der Waals surface area contributed by atoms with E-state index in [1.807, 2.05) is 32.7 Å². The fraction of sp³-hybridized carbons (Fsp3) is 0.500. The standard InChI is InChI=1S/C12H17N3O/c1-5-15-6-9-10(12(15)16)7(2)8(3)11(13-4)14-9/h5-6H2,1-4H3,(H,13,14). The molecule has 4 heteroatoms. The molecule has 2 heterocycles. The SMILES string of the molecule is CCN1Cc2nc(NC)c(C)c(C)c2C1=O. The third-order valence-electron chi connectivity index (χ3n) is 3.29. The van der Waals surface area contributed by atoms with E-state index in [1.54, 1.807) is 0 Å². The molecular formula is C12H17N3O. The van der Waals surface area contributed by atoms with E-state index in [4.69, 9.17) is 0 Å².